The average molecular weight is 177 g/mol. The fourth-order valence-corrected chi connectivity index (χ4v) is 1.29. The predicted octanol–water partition coefficient (Wildman–Crippen LogP) is 0.965. The second kappa shape index (κ2) is 2.55. The van der Waals surface area contributed by atoms with E-state index >= 15 is 0 Å². The van der Waals surface area contributed by atoms with E-state index < -0.39 is 5.97 Å². The molecule has 13 heavy (non-hydrogen) atoms. The molecule has 2 aromatic rings. The van der Waals surface area contributed by atoms with Gasteiger partial charge in [0.05, 0.1) is 11.8 Å². The molecule has 0 amide bonds. The molecule has 0 fully saturated rings. The molecule has 2 rings (SSSR count). The third kappa shape index (κ3) is 1.05. The van der Waals surface area contributed by atoms with E-state index in [1.54, 1.807) is 6.92 Å². The summed E-state index contributed by atoms with van der Waals surface area (Å²) in [5, 5.41) is 16.1. The summed E-state index contributed by atoms with van der Waals surface area (Å²) in [6, 6.07) is 0. The van der Waals surface area contributed by atoms with Crippen LogP contribution in [0.2, 0.25) is 0 Å². The van der Waals surface area contributed by atoms with Crippen LogP contribution in [0.1, 0.15) is 16.1 Å². The molecule has 0 radical (unpaired) electrons. The monoisotopic (exact) mass is 177 g/mol. The van der Waals surface area contributed by atoms with Crippen LogP contribution in [0.5, 0.6) is 0 Å². The minimum absolute atomic E-state index is 0.184. The van der Waals surface area contributed by atoms with E-state index in [1.165, 1.54) is 12.4 Å². The molecule has 0 aromatic carbocycles. The number of aromatic carboxylic acids is 1. The van der Waals surface area contributed by atoms with Gasteiger partial charge in [-0.1, -0.05) is 0 Å². The van der Waals surface area contributed by atoms with E-state index in [0.29, 0.717) is 10.9 Å². The van der Waals surface area contributed by atoms with Crippen LogP contribution in [0.3, 0.4) is 0 Å². The van der Waals surface area contributed by atoms with Crippen molar-refractivity contribution in [2.75, 3.05) is 0 Å². The van der Waals surface area contributed by atoms with Gasteiger partial charge in [0.15, 0.2) is 0 Å². The molecule has 5 nitrogen and oxygen atoms in total. The maximum Gasteiger partial charge on any atom is 0.338 e. The van der Waals surface area contributed by atoms with Gasteiger partial charge in [-0.05, 0) is 6.92 Å². The number of carboxylic acid groups (broad SMARTS) is 1. The Balaban J connectivity index is 2.88. The number of aryl methyl sites for hydroxylation is 1. The van der Waals surface area contributed by atoms with Gasteiger partial charge in [-0.3, -0.25) is 10.1 Å². The first kappa shape index (κ1) is 7.72. The Kier molecular flexibility index (Phi) is 1.51. The standard InChI is InChI=1S/C8H7N3O2/c1-4-7-5(8(12)13)2-9-3-6(7)11-10-4/h2-3H,1H3,(H,10,11)(H,12,13). The Morgan fingerprint density at radius 3 is 3.00 bits per heavy atom. The van der Waals surface area contributed by atoms with Crippen LogP contribution in [0.15, 0.2) is 12.4 Å². The van der Waals surface area contributed by atoms with Gasteiger partial charge in [0.25, 0.3) is 0 Å². The number of hydrogen-bond acceptors (Lipinski definition) is 3. The fraction of sp³-hybridized carbons (Fsp3) is 0.125. The molecule has 0 bridgehead atoms. The highest BCUT2D eigenvalue weighted by Crippen LogP contribution is 2.18. The lowest BCUT2D eigenvalue weighted by Gasteiger charge is -1.95. The van der Waals surface area contributed by atoms with Crippen molar-refractivity contribution in [2.45, 2.75) is 6.92 Å². The Bertz CT molecular complexity index is 475. The van der Waals surface area contributed by atoms with Crippen molar-refractivity contribution >= 4 is 16.9 Å². The normalized spacial score (nSPS) is 10.5. The Morgan fingerprint density at radius 1 is 1.54 bits per heavy atom. The largest absolute Gasteiger partial charge is 0.478 e. The summed E-state index contributed by atoms with van der Waals surface area (Å²) in [5.41, 5.74) is 1.51. The maximum atomic E-state index is 10.8. The van der Waals surface area contributed by atoms with Gasteiger partial charge >= 0.3 is 5.97 Å². The smallest absolute Gasteiger partial charge is 0.338 e. The van der Waals surface area contributed by atoms with Crippen molar-refractivity contribution in [1.29, 1.82) is 0 Å². The topological polar surface area (TPSA) is 78.9 Å². The maximum absolute atomic E-state index is 10.8. The number of pyridine rings is 1. The van der Waals surface area contributed by atoms with Gasteiger partial charge in [-0.15, -0.1) is 0 Å². The van der Waals surface area contributed by atoms with E-state index in [1.807, 2.05) is 0 Å². The molecule has 0 aliphatic heterocycles. The molecular weight excluding hydrogens is 170 g/mol. The number of nitrogens with zero attached hydrogens (tertiary/aromatic N) is 2. The highest BCUT2D eigenvalue weighted by molar-refractivity contribution is 6.02. The molecule has 2 N–H and O–H groups in total. The summed E-state index contributed by atoms with van der Waals surface area (Å²) in [6.45, 7) is 1.78. The van der Waals surface area contributed by atoms with Gasteiger partial charge < -0.3 is 5.11 Å². The zero-order chi connectivity index (χ0) is 9.42. The van der Waals surface area contributed by atoms with Crippen molar-refractivity contribution < 1.29 is 9.90 Å². The van der Waals surface area contributed by atoms with E-state index in [4.69, 9.17) is 5.11 Å². The Hall–Kier alpha value is -1.91. The SMILES string of the molecule is Cc1[nH]nc2cncc(C(=O)O)c12. The molecule has 0 spiro atoms. The molecule has 0 aliphatic carbocycles. The number of nitrogens with one attached hydrogen (secondary N) is 1. The number of aromatic nitrogens is 3. The summed E-state index contributed by atoms with van der Waals surface area (Å²) >= 11 is 0. The third-order valence-electron chi connectivity index (χ3n) is 1.88. The number of fused-ring (bicyclic) bond motifs is 1. The lowest BCUT2D eigenvalue weighted by molar-refractivity contribution is 0.0698. The minimum Gasteiger partial charge on any atom is -0.478 e. The molecule has 2 heterocycles. The predicted molar refractivity (Wildman–Crippen MR) is 45.6 cm³/mol. The van der Waals surface area contributed by atoms with Gasteiger partial charge in [0.2, 0.25) is 0 Å². The third-order valence-corrected chi connectivity index (χ3v) is 1.88. The molecule has 66 valence electrons. The molecule has 0 saturated carbocycles. The Labute approximate surface area is 73.4 Å². The van der Waals surface area contributed by atoms with E-state index in [0.717, 1.165) is 5.69 Å². The summed E-state index contributed by atoms with van der Waals surface area (Å²) in [6.07, 6.45) is 2.86. The van der Waals surface area contributed by atoms with Crippen LogP contribution in [-0.2, 0) is 0 Å². The molecular formula is C8H7N3O2. The second-order valence-corrected chi connectivity index (χ2v) is 2.73. The van der Waals surface area contributed by atoms with E-state index in [-0.39, 0.29) is 5.56 Å². The summed E-state index contributed by atoms with van der Waals surface area (Å²) < 4.78 is 0. The van der Waals surface area contributed by atoms with Gasteiger partial charge in [0, 0.05) is 17.3 Å². The first-order chi connectivity index (χ1) is 6.20. The van der Waals surface area contributed by atoms with Gasteiger partial charge in [-0.2, -0.15) is 5.10 Å². The number of carboxylic acids is 1. The summed E-state index contributed by atoms with van der Waals surface area (Å²) in [7, 11) is 0. The van der Waals surface area contributed by atoms with Crippen molar-refractivity contribution in [3.8, 4) is 0 Å². The van der Waals surface area contributed by atoms with Crippen molar-refractivity contribution in [3.05, 3.63) is 23.7 Å². The van der Waals surface area contributed by atoms with Crippen molar-refractivity contribution in [1.82, 2.24) is 15.2 Å². The minimum atomic E-state index is -0.984. The van der Waals surface area contributed by atoms with E-state index in [9.17, 15) is 4.79 Å². The zero-order valence-corrected chi connectivity index (χ0v) is 6.90. The van der Waals surface area contributed by atoms with Crippen LogP contribution < -0.4 is 0 Å². The highest BCUT2D eigenvalue weighted by Gasteiger charge is 2.12. The zero-order valence-electron chi connectivity index (χ0n) is 6.90. The van der Waals surface area contributed by atoms with Crippen LogP contribution >= 0.6 is 0 Å². The summed E-state index contributed by atoms with van der Waals surface area (Å²) in [4.78, 5) is 14.6. The quantitative estimate of drug-likeness (QED) is 0.680. The lowest BCUT2D eigenvalue weighted by Crippen LogP contribution is -1.98. The van der Waals surface area contributed by atoms with Crippen LogP contribution in [-0.4, -0.2) is 26.3 Å². The number of hydrogen-bond donors (Lipinski definition) is 2. The fourth-order valence-electron chi connectivity index (χ4n) is 1.29. The molecule has 0 aliphatic rings. The van der Waals surface area contributed by atoms with Crippen LogP contribution in [0, 0.1) is 6.92 Å². The highest BCUT2D eigenvalue weighted by atomic mass is 16.4. The first-order valence-corrected chi connectivity index (χ1v) is 3.72. The Morgan fingerprint density at radius 2 is 2.31 bits per heavy atom. The number of H-pyrrole nitrogens is 1. The lowest BCUT2D eigenvalue weighted by atomic mass is 10.1. The first-order valence-electron chi connectivity index (χ1n) is 3.72. The number of aromatic amines is 1. The van der Waals surface area contributed by atoms with Crippen LogP contribution in [0.25, 0.3) is 10.9 Å². The summed E-state index contributed by atoms with van der Waals surface area (Å²) in [5.74, 6) is -0.984. The second-order valence-electron chi connectivity index (χ2n) is 2.73. The number of carbonyl (C=O) groups is 1. The molecule has 2 aromatic heterocycles. The molecule has 0 saturated heterocycles. The van der Waals surface area contributed by atoms with Crippen molar-refractivity contribution in [2.24, 2.45) is 0 Å². The van der Waals surface area contributed by atoms with Crippen molar-refractivity contribution in [3.63, 3.8) is 0 Å². The van der Waals surface area contributed by atoms with E-state index in [2.05, 4.69) is 15.2 Å². The van der Waals surface area contributed by atoms with Crippen LogP contribution in [0.4, 0.5) is 0 Å². The molecule has 0 unspecified atom stereocenters. The van der Waals surface area contributed by atoms with Gasteiger partial charge in [-0.25, -0.2) is 4.79 Å². The van der Waals surface area contributed by atoms with Gasteiger partial charge in [0.1, 0.15) is 5.52 Å². The molecule has 0 atom stereocenters. The molecule has 5 heteroatoms. The average Bonchev–Trinajstić information content (AvgIpc) is 2.48. The number of rotatable bonds is 1.